The Morgan fingerprint density at radius 1 is 1.03 bits per heavy atom. The normalized spacial score (nSPS) is 21.5. The van der Waals surface area contributed by atoms with Crippen LogP contribution < -0.4 is 5.56 Å². The molecule has 0 N–H and O–H groups in total. The topological polar surface area (TPSA) is 51.0 Å². The number of fused-ring (bicyclic) bond motifs is 1. The highest BCUT2D eigenvalue weighted by atomic mass is 32.1. The highest BCUT2D eigenvalue weighted by molar-refractivity contribution is 7.09. The molecule has 3 aliphatic rings. The molecule has 5 nitrogen and oxygen atoms in total. The molecular weight excluding hydrogens is 380 g/mol. The third-order valence-electron chi connectivity index (χ3n) is 7.07. The van der Waals surface area contributed by atoms with Crippen molar-refractivity contribution in [1.82, 2.24) is 19.7 Å². The molecule has 156 valence electrons. The van der Waals surface area contributed by atoms with Crippen LogP contribution in [-0.2, 0) is 25.9 Å². The number of aromatic nitrogens is 3. The minimum atomic E-state index is 0.0926. The van der Waals surface area contributed by atoms with E-state index in [1.165, 1.54) is 54.8 Å². The molecule has 0 amide bonds. The van der Waals surface area contributed by atoms with Crippen molar-refractivity contribution in [2.24, 2.45) is 5.92 Å². The van der Waals surface area contributed by atoms with Crippen molar-refractivity contribution in [2.45, 2.75) is 83.2 Å². The summed E-state index contributed by atoms with van der Waals surface area (Å²) in [4.78, 5) is 19.9. The molecule has 1 saturated heterocycles. The summed E-state index contributed by atoms with van der Waals surface area (Å²) in [6.45, 7) is 3.96. The van der Waals surface area contributed by atoms with E-state index in [2.05, 4.69) is 10.3 Å². The van der Waals surface area contributed by atoms with Crippen LogP contribution >= 0.6 is 11.3 Å². The smallest absolute Gasteiger partial charge is 0.267 e. The van der Waals surface area contributed by atoms with Gasteiger partial charge in [-0.05, 0) is 75.9 Å². The summed E-state index contributed by atoms with van der Waals surface area (Å²) in [5.41, 5.74) is 3.69. The highest BCUT2D eigenvalue weighted by Crippen LogP contribution is 2.35. The number of hydrogen-bond acceptors (Lipinski definition) is 5. The largest absolute Gasteiger partial charge is 0.297 e. The summed E-state index contributed by atoms with van der Waals surface area (Å²) >= 11 is 1.87. The van der Waals surface area contributed by atoms with Gasteiger partial charge in [-0.2, -0.15) is 5.10 Å². The molecule has 5 rings (SSSR count). The maximum absolute atomic E-state index is 12.5. The van der Waals surface area contributed by atoms with Gasteiger partial charge in [-0.15, -0.1) is 11.3 Å². The minimum Gasteiger partial charge on any atom is -0.297 e. The molecule has 0 bridgehead atoms. The van der Waals surface area contributed by atoms with Crippen molar-refractivity contribution >= 4 is 11.3 Å². The van der Waals surface area contributed by atoms with Crippen molar-refractivity contribution in [2.75, 3.05) is 13.1 Å². The second-order valence-corrected chi connectivity index (χ2v) is 10.1. The molecule has 2 fully saturated rings. The minimum absolute atomic E-state index is 0.0926. The fourth-order valence-electron chi connectivity index (χ4n) is 5.29. The Kier molecular flexibility index (Phi) is 5.82. The van der Waals surface area contributed by atoms with Gasteiger partial charge in [-0.25, -0.2) is 9.67 Å². The first-order chi connectivity index (χ1) is 14.2. The van der Waals surface area contributed by atoms with Gasteiger partial charge in [0.1, 0.15) is 0 Å². The lowest BCUT2D eigenvalue weighted by atomic mass is 9.96. The van der Waals surface area contributed by atoms with Gasteiger partial charge in [0.05, 0.1) is 16.4 Å². The van der Waals surface area contributed by atoms with E-state index in [-0.39, 0.29) is 5.56 Å². The second kappa shape index (κ2) is 8.68. The van der Waals surface area contributed by atoms with Crippen LogP contribution in [0.2, 0.25) is 0 Å². The summed E-state index contributed by atoms with van der Waals surface area (Å²) in [6.07, 6.45) is 12.1. The first-order valence-corrected chi connectivity index (χ1v) is 12.4. The van der Waals surface area contributed by atoms with E-state index in [9.17, 15) is 4.79 Å². The molecule has 0 unspecified atom stereocenters. The molecule has 3 heterocycles. The molecule has 0 spiro atoms. The predicted octanol–water partition coefficient (Wildman–Crippen LogP) is 4.15. The summed E-state index contributed by atoms with van der Waals surface area (Å²) in [7, 11) is 0. The summed E-state index contributed by atoms with van der Waals surface area (Å²) in [5, 5.41) is 8.36. The molecule has 2 aliphatic carbocycles. The van der Waals surface area contributed by atoms with E-state index in [1.807, 2.05) is 17.4 Å². The van der Waals surface area contributed by atoms with E-state index >= 15 is 0 Å². The van der Waals surface area contributed by atoms with Crippen LogP contribution in [0.25, 0.3) is 0 Å². The van der Waals surface area contributed by atoms with Crippen LogP contribution in [0.15, 0.2) is 16.2 Å². The number of hydrogen-bond donors (Lipinski definition) is 0. The number of aryl methyl sites for hydroxylation is 2. The van der Waals surface area contributed by atoms with Crippen molar-refractivity contribution < 1.29 is 0 Å². The third kappa shape index (κ3) is 4.48. The van der Waals surface area contributed by atoms with Crippen LogP contribution in [0.3, 0.4) is 0 Å². The monoisotopic (exact) mass is 412 g/mol. The Hall–Kier alpha value is -1.53. The molecule has 0 radical (unpaired) electrons. The predicted molar refractivity (Wildman–Crippen MR) is 116 cm³/mol. The van der Waals surface area contributed by atoms with Crippen LogP contribution in [0.1, 0.15) is 79.2 Å². The van der Waals surface area contributed by atoms with E-state index in [4.69, 9.17) is 10.1 Å². The van der Waals surface area contributed by atoms with Crippen LogP contribution in [-0.4, -0.2) is 32.8 Å². The zero-order chi connectivity index (χ0) is 19.6. The third-order valence-corrected chi connectivity index (χ3v) is 8.13. The number of piperidine rings is 1. The van der Waals surface area contributed by atoms with Crippen molar-refractivity contribution in [1.29, 1.82) is 0 Å². The SMILES string of the molecule is O=c1cc2c(nn1CC1CCN(Cc3csc(C4CCCC4)n3)CC1)CCCC2. The Morgan fingerprint density at radius 3 is 2.66 bits per heavy atom. The van der Waals surface area contributed by atoms with E-state index in [0.29, 0.717) is 5.92 Å². The lowest BCUT2D eigenvalue weighted by Crippen LogP contribution is -2.37. The number of rotatable bonds is 5. The first-order valence-electron chi connectivity index (χ1n) is 11.5. The van der Waals surface area contributed by atoms with Gasteiger partial charge < -0.3 is 0 Å². The standard InChI is InChI=1S/C23H32N4OS/c28-22-13-19-7-3-4-8-21(19)25-27(22)14-17-9-11-26(12-10-17)15-20-16-29-23(24-20)18-5-1-2-6-18/h13,16-18H,1-12,14-15H2. The summed E-state index contributed by atoms with van der Waals surface area (Å²) in [5.74, 6) is 1.28. The maximum atomic E-state index is 12.5. The van der Waals surface area contributed by atoms with E-state index < -0.39 is 0 Å². The zero-order valence-corrected chi connectivity index (χ0v) is 18.1. The van der Waals surface area contributed by atoms with E-state index in [0.717, 1.165) is 63.5 Å². The van der Waals surface area contributed by atoms with Gasteiger partial charge in [0.15, 0.2) is 0 Å². The maximum Gasteiger partial charge on any atom is 0.267 e. The molecule has 2 aromatic rings. The van der Waals surface area contributed by atoms with Gasteiger partial charge in [0.25, 0.3) is 5.56 Å². The highest BCUT2D eigenvalue weighted by Gasteiger charge is 2.24. The van der Waals surface area contributed by atoms with Gasteiger partial charge in [-0.1, -0.05) is 12.8 Å². The number of likely N-dealkylation sites (tertiary alicyclic amines) is 1. The average Bonchev–Trinajstić information content (AvgIpc) is 3.42. The van der Waals surface area contributed by atoms with Crippen LogP contribution in [0.4, 0.5) is 0 Å². The molecule has 0 aromatic carbocycles. The van der Waals surface area contributed by atoms with Crippen molar-refractivity contribution in [3.05, 3.63) is 43.8 Å². The lowest BCUT2D eigenvalue weighted by Gasteiger charge is -2.31. The molecule has 1 aliphatic heterocycles. The van der Waals surface area contributed by atoms with E-state index in [1.54, 1.807) is 4.68 Å². The molecule has 6 heteroatoms. The van der Waals surface area contributed by atoms with Crippen LogP contribution in [0, 0.1) is 5.92 Å². The molecular formula is C23H32N4OS. The summed E-state index contributed by atoms with van der Waals surface area (Å²) < 4.78 is 1.75. The van der Waals surface area contributed by atoms with Gasteiger partial charge >= 0.3 is 0 Å². The van der Waals surface area contributed by atoms with Crippen molar-refractivity contribution in [3.8, 4) is 0 Å². The molecule has 1 saturated carbocycles. The lowest BCUT2D eigenvalue weighted by molar-refractivity contribution is 0.162. The molecule has 0 atom stereocenters. The molecule has 29 heavy (non-hydrogen) atoms. The Bertz CT molecular complexity index is 891. The Morgan fingerprint density at radius 2 is 1.83 bits per heavy atom. The fraction of sp³-hybridized carbons (Fsp3) is 0.696. The number of thiazole rings is 1. The van der Waals surface area contributed by atoms with Gasteiger partial charge in [0, 0.05) is 30.5 Å². The van der Waals surface area contributed by atoms with Gasteiger partial charge in [-0.3, -0.25) is 9.69 Å². The van der Waals surface area contributed by atoms with Gasteiger partial charge in [0.2, 0.25) is 0 Å². The second-order valence-electron chi connectivity index (χ2n) is 9.22. The molecule has 2 aromatic heterocycles. The summed E-state index contributed by atoms with van der Waals surface area (Å²) in [6, 6.07) is 1.85. The quantitative estimate of drug-likeness (QED) is 0.740. The average molecular weight is 413 g/mol. The van der Waals surface area contributed by atoms with Crippen molar-refractivity contribution in [3.63, 3.8) is 0 Å². The Balaban J connectivity index is 1.14. The van der Waals surface area contributed by atoms with Crippen LogP contribution in [0.5, 0.6) is 0 Å². The number of nitrogens with zero attached hydrogens (tertiary/aromatic N) is 4. The fourth-order valence-corrected chi connectivity index (χ4v) is 6.27. The zero-order valence-electron chi connectivity index (χ0n) is 17.3. The Labute approximate surface area is 177 Å². The first kappa shape index (κ1) is 19.4.